The fourth-order valence-electron chi connectivity index (χ4n) is 3.61. The van der Waals surface area contributed by atoms with E-state index in [2.05, 4.69) is 19.9 Å². The van der Waals surface area contributed by atoms with E-state index in [0.29, 0.717) is 18.2 Å². The van der Waals surface area contributed by atoms with Crippen molar-refractivity contribution in [1.82, 2.24) is 0 Å². The molecule has 4 heteroatoms. The van der Waals surface area contributed by atoms with Crippen LogP contribution in [0.1, 0.15) is 49.3 Å². The summed E-state index contributed by atoms with van der Waals surface area (Å²) in [6, 6.07) is 13.7. The maximum Gasteiger partial charge on any atom is 0.316 e. The van der Waals surface area contributed by atoms with E-state index in [0.717, 1.165) is 28.8 Å². The third-order valence-electron chi connectivity index (χ3n) is 5.25. The van der Waals surface area contributed by atoms with Crippen molar-refractivity contribution < 1.29 is 14.3 Å². The number of ether oxygens (including phenoxy) is 1. The first-order valence-electron chi connectivity index (χ1n) is 9.58. The van der Waals surface area contributed by atoms with E-state index in [-0.39, 0.29) is 18.3 Å². The van der Waals surface area contributed by atoms with E-state index in [1.165, 1.54) is 0 Å². The van der Waals surface area contributed by atoms with Crippen LogP contribution in [0.15, 0.2) is 42.5 Å². The average molecular weight is 365 g/mol. The molecule has 3 rings (SSSR count). The number of carbonyl (C=O) groups excluding carboxylic acids is 2. The SMILES string of the molecule is CC[C@H](C)c1ccccc1OC(=O)[C@H]1CC(=O)N(c2cc(C)cc(C)c2)C1. The summed E-state index contributed by atoms with van der Waals surface area (Å²) in [7, 11) is 0. The molecule has 1 saturated heterocycles. The summed E-state index contributed by atoms with van der Waals surface area (Å²) in [6.45, 7) is 8.61. The van der Waals surface area contributed by atoms with E-state index in [1.807, 2.05) is 50.2 Å². The number of hydrogen-bond donors (Lipinski definition) is 0. The van der Waals surface area contributed by atoms with Crippen molar-refractivity contribution in [2.24, 2.45) is 5.92 Å². The molecule has 4 nitrogen and oxygen atoms in total. The molecular weight excluding hydrogens is 338 g/mol. The number of rotatable bonds is 5. The monoisotopic (exact) mass is 365 g/mol. The number of para-hydroxylation sites is 1. The normalized spacial score (nSPS) is 17.9. The van der Waals surface area contributed by atoms with Gasteiger partial charge in [-0.15, -0.1) is 0 Å². The lowest BCUT2D eigenvalue weighted by atomic mass is 9.98. The molecule has 0 spiro atoms. The molecule has 0 bridgehead atoms. The number of carbonyl (C=O) groups is 2. The lowest BCUT2D eigenvalue weighted by Crippen LogP contribution is -2.27. The Kier molecular flexibility index (Phi) is 5.64. The summed E-state index contributed by atoms with van der Waals surface area (Å²) in [5, 5.41) is 0. The Labute approximate surface area is 161 Å². The molecule has 1 aliphatic heterocycles. The van der Waals surface area contributed by atoms with Crippen molar-refractivity contribution >= 4 is 17.6 Å². The van der Waals surface area contributed by atoms with Gasteiger partial charge in [0.2, 0.25) is 5.91 Å². The molecule has 0 aliphatic carbocycles. The maximum absolute atomic E-state index is 12.7. The topological polar surface area (TPSA) is 46.6 Å². The van der Waals surface area contributed by atoms with Crippen LogP contribution < -0.4 is 9.64 Å². The van der Waals surface area contributed by atoms with Crippen molar-refractivity contribution in [2.75, 3.05) is 11.4 Å². The zero-order chi connectivity index (χ0) is 19.6. The van der Waals surface area contributed by atoms with Crippen LogP contribution in [0.4, 0.5) is 5.69 Å². The van der Waals surface area contributed by atoms with Crippen molar-refractivity contribution in [2.45, 2.75) is 46.5 Å². The first-order valence-corrected chi connectivity index (χ1v) is 9.58. The van der Waals surface area contributed by atoms with Gasteiger partial charge in [-0.3, -0.25) is 9.59 Å². The largest absolute Gasteiger partial charge is 0.426 e. The van der Waals surface area contributed by atoms with Gasteiger partial charge in [0.1, 0.15) is 5.75 Å². The second-order valence-electron chi connectivity index (χ2n) is 7.52. The highest BCUT2D eigenvalue weighted by Gasteiger charge is 2.36. The van der Waals surface area contributed by atoms with Crippen molar-refractivity contribution in [3.05, 3.63) is 59.2 Å². The lowest BCUT2D eigenvalue weighted by Gasteiger charge is -2.18. The molecule has 27 heavy (non-hydrogen) atoms. The summed E-state index contributed by atoms with van der Waals surface area (Å²) >= 11 is 0. The summed E-state index contributed by atoms with van der Waals surface area (Å²) < 4.78 is 5.71. The number of hydrogen-bond acceptors (Lipinski definition) is 3. The summed E-state index contributed by atoms with van der Waals surface area (Å²) in [4.78, 5) is 26.9. The Morgan fingerprint density at radius 3 is 2.52 bits per heavy atom. The molecule has 2 aromatic carbocycles. The molecule has 0 radical (unpaired) electrons. The average Bonchev–Trinajstić information content (AvgIpc) is 3.02. The van der Waals surface area contributed by atoms with Crippen molar-refractivity contribution in [1.29, 1.82) is 0 Å². The highest BCUT2D eigenvalue weighted by atomic mass is 16.5. The molecule has 2 atom stereocenters. The van der Waals surface area contributed by atoms with Crippen LogP contribution in [0.2, 0.25) is 0 Å². The third-order valence-corrected chi connectivity index (χ3v) is 5.25. The Morgan fingerprint density at radius 1 is 1.19 bits per heavy atom. The quantitative estimate of drug-likeness (QED) is 0.566. The molecule has 0 saturated carbocycles. The van der Waals surface area contributed by atoms with Gasteiger partial charge in [0.25, 0.3) is 0 Å². The Bertz CT molecular complexity index is 838. The molecule has 0 aromatic heterocycles. The van der Waals surface area contributed by atoms with Gasteiger partial charge in [-0.05, 0) is 61.1 Å². The molecular formula is C23H27NO3. The second kappa shape index (κ2) is 7.95. The zero-order valence-electron chi connectivity index (χ0n) is 16.5. The highest BCUT2D eigenvalue weighted by molar-refractivity contribution is 5.99. The van der Waals surface area contributed by atoms with Crippen LogP contribution >= 0.6 is 0 Å². The first kappa shape index (κ1) is 19.2. The third kappa shape index (κ3) is 4.21. The summed E-state index contributed by atoms with van der Waals surface area (Å²) in [5.41, 5.74) is 4.09. The number of anilines is 1. The minimum atomic E-state index is -0.441. The molecule has 142 valence electrons. The molecule has 1 amide bonds. The van der Waals surface area contributed by atoms with E-state index in [4.69, 9.17) is 4.74 Å². The van der Waals surface area contributed by atoms with Gasteiger partial charge in [-0.2, -0.15) is 0 Å². The number of benzene rings is 2. The predicted octanol–water partition coefficient (Wildman–Crippen LogP) is 4.78. The summed E-state index contributed by atoms with van der Waals surface area (Å²) in [5.74, 6) is 0.117. The Hall–Kier alpha value is -2.62. The highest BCUT2D eigenvalue weighted by Crippen LogP contribution is 2.31. The number of aryl methyl sites for hydroxylation is 2. The van der Waals surface area contributed by atoms with Gasteiger partial charge in [-0.1, -0.05) is 38.1 Å². The summed E-state index contributed by atoms with van der Waals surface area (Å²) in [6.07, 6.45) is 1.16. The number of nitrogens with zero attached hydrogens (tertiary/aromatic N) is 1. The molecule has 1 aliphatic rings. The minimum absolute atomic E-state index is 0.0304. The minimum Gasteiger partial charge on any atom is -0.426 e. The van der Waals surface area contributed by atoms with E-state index in [9.17, 15) is 9.59 Å². The number of amides is 1. The Balaban J connectivity index is 1.75. The van der Waals surface area contributed by atoms with Gasteiger partial charge < -0.3 is 9.64 Å². The van der Waals surface area contributed by atoms with Crippen molar-refractivity contribution in [3.63, 3.8) is 0 Å². The smallest absolute Gasteiger partial charge is 0.316 e. The van der Waals surface area contributed by atoms with Crippen LogP contribution in [-0.4, -0.2) is 18.4 Å². The zero-order valence-corrected chi connectivity index (χ0v) is 16.5. The maximum atomic E-state index is 12.7. The van der Waals surface area contributed by atoms with E-state index in [1.54, 1.807) is 4.90 Å². The van der Waals surface area contributed by atoms with Gasteiger partial charge in [0.15, 0.2) is 0 Å². The first-order chi connectivity index (χ1) is 12.9. The number of esters is 1. The van der Waals surface area contributed by atoms with E-state index < -0.39 is 5.92 Å². The predicted molar refractivity (Wildman–Crippen MR) is 107 cm³/mol. The second-order valence-corrected chi connectivity index (χ2v) is 7.52. The van der Waals surface area contributed by atoms with E-state index >= 15 is 0 Å². The van der Waals surface area contributed by atoms with Crippen molar-refractivity contribution in [3.8, 4) is 5.75 Å². The molecule has 2 aromatic rings. The van der Waals surface area contributed by atoms with Crippen LogP contribution in [0.5, 0.6) is 5.75 Å². The molecule has 0 unspecified atom stereocenters. The van der Waals surface area contributed by atoms with Gasteiger partial charge >= 0.3 is 5.97 Å². The van der Waals surface area contributed by atoms with Crippen LogP contribution in [0.25, 0.3) is 0 Å². The standard InChI is InChI=1S/C23H27NO3/c1-5-17(4)20-8-6-7-9-21(20)27-23(26)18-13-22(25)24(14-18)19-11-15(2)10-16(3)12-19/h6-12,17-18H,5,13-14H2,1-4H3/t17-,18-/m0/s1. The molecule has 1 fully saturated rings. The fraction of sp³-hybridized carbons (Fsp3) is 0.391. The lowest BCUT2D eigenvalue weighted by molar-refractivity contribution is -0.139. The Morgan fingerprint density at radius 2 is 1.85 bits per heavy atom. The van der Waals surface area contributed by atoms with Crippen LogP contribution in [-0.2, 0) is 9.59 Å². The van der Waals surface area contributed by atoms with Crippen LogP contribution in [0, 0.1) is 19.8 Å². The fourth-order valence-corrected chi connectivity index (χ4v) is 3.61. The molecule has 0 N–H and O–H groups in total. The van der Waals surface area contributed by atoms with Gasteiger partial charge in [0.05, 0.1) is 5.92 Å². The van der Waals surface area contributed by atoms with Gasteiger partial charge in [0, 0.05) is 18.7 Å². The van der Waals surface area contributed by atoms with Gasteiger partial charge in [-0.25, -0.2) is 0 Å². The van der Waals surface area contributed by atoms with Crippen LogP contribution in [0.3, 0.4) is 0 Å². The molecule has 1 heterocycles.